The number of anilines is 1. The molecule has 2 aromatic carbocycles. The van der Waals surface area contributed by atoms with E-state index in [4.69, 9.17) is 24.9 Å². The number of hydrogen-bond acceptors (Lipinski definition) is 6. The van der Waals surface area contributed by atoms with Crippen LogP contribution in [0.5, 0.6) is 0 Å². The van der Waals surface area contributed by atoms with Crippen molar-refractivity contribution in [3.63, 3.8) is 0 Å². The van der Waals surface area contributed by atoms with Crippen LogP contribution in [0.2, 0.25) is 0 Å². The molecule has 0 radical (unpaired) electrons. The van der Waals surface area contributed by atoms with Crippen molar-refractivity contribution < 1.29 is 13.9 Å². The summed E-state index contributed by atoms with van der Waals surface area (Å²) in [6.07, 6.45) is 0.754. The van der Waals surface area contributed by atoms with Gasteiger partial charge < -0.3 is 20.2 Å². The van der Waals surface area contributed by atoms with E-state index < -0.39 is 5.91 Å². The molecule has 1 aliphatic heterocycles. The molecule has 4 aromatic rings. The number of aryl methyl sites for hydroxylation is 1. The highest BCUT2D eigenvalue weighted by Crippen LogP contribution is 2.36. The van der Waals surface area contributed by atoms with Gasteiger partial charge in [0.1, 0.15) is 17.2 Å². The molecule has 5 rings (SSSR count). The van der Waals surface area contributed by atoms with E-state index in [0.717, 1.165) is 34.4 Å². The monoisotopic (exact) mass is 414 g/mol. The molecule has 0 fully saturated rings. The third-order valence-corrected chi connectivity index (χ3v) is 5.51. The summed E-state index contributed by atoms with van der Waals surface area (Å²) >= 11 is 0. The first-order chi connectivity index (χ1) is 15.1. The van der Waals surface area contributed by atoms with Crippen LogP contribution in [-0.2, 0) is 24.3 Å². The normalized spacial score (nSPS) is 13.2. The zero-order valence-electron chi connectivity index (χ0n) is 17.1. The molecule has 2 aromatic heterocycles. The number of amides is 1. The molecule has 3 heterocycles. The third-order valence-electron chi connectivity index (χ3n) is 5.51. The maximum Gasteiger partial charge on any atom is 0.252 e. The van der Waals surface area contributed by atoms with E-state index in [0.29, 0.717) is 42.5 Å². The maximum atomic E-state index is 11.8. The highest BCUT2D eigenvalue weighted by Gasteiger charge is 2.24. The lowest BCUT2D eigenvalue weighted by Gasteiger charge is -2.20. The lowest BCUT2D eigenvalue weighted by molar-refractivity contribution is 0.100. The molecule has 1 aliphatic rings. The molecule has 0 saturated heterocycles. The van der Waals surface area contributed by atoms with Crippen LogP contribution in [0, 0.1) is 6.92 Å². The van der Waals surface area contributed by atoms with Crippen LogP contribution >= 0.6 is 0 Å². The molecule has 0 aliphatic carbocycles. The summed E-state index contributed by atoms with van der Waals surface area (Å²) in [6.45, 7) is 3.58. The Balaban J connectivity index is 1.62. The summed E-state index contributed by atoms with van der Waals surface area (Å²) in [5.41, 5.74) is 10.2. The molecular formula is C24H22N4O3. The lowest BCUT2D eigenvalue weighted by atomic mass is 10.1. The smallest absolute Gasteiger partial charge is 0.252 e. The van der Waals surface area contributed by atoms with Crippen LogP contribution in [0.25, 0.3) is 22.4 Å². The van der Waals surface area contributed by atoms with Gasteiger partial charge in [-0.25, -0.2) is 9.97 Å². The van der Waals surface area contributed by atoms with E-state index in [1.54, 1.807) is 12.1 Å². The number of carbonyl (C=O) groups is 1. The SMILES string of the molecule is Cc1oc2c(C(N)=O)cccc2c1-c1nc2c(c(NCc3ccccc3)n1)CCOC2. The van der Waals surface area contributed by atoms with Crippen LogP contribution in [-0.4, -0.2) is 22.5 Å². The van der Waals surface area contributed by atoms with Crippen LogP contribution < -0.4 is 11.1 Å². The van der Waals surface area contributed by atoms with Crippen molar-refractivity contribution in [1.82, 2.24) is 9.97 Å². The number of furan rings is 1. The van der Waals surface area contributed by atoms with Gasteiger partial charge in [0.25, 0.3) is 5.91 Å². The number of hydrogen-bond donors (Lipinski definition) is 2. The average Bonchev–Trinajstić information content (AvgIpc) is 3.13. The minimum Gasteiger partial charge on any atom is -0.460 e. The molecule has 0 spiro atoms. The Labute approximate surface area is 179 Å². The molecule has 0 atom stereocenters. The van der Waals surface area contributed by atoms with Crippen LogP contribution in [0.15, 0.2) is 52.9 Å². The summed E-state index contributed by atoms with van der Waals surface area (Å²) in [4.78, 5) is 21.5. The molecule has 0 bridgehead atoms. The standard InChI is InChI=1S/C24H22N4O3/c1-14-20(17-8-5-9-18(22(25)29)21(17)31-14)24-27-19-13-30-11-10-16(19)23(28-24)26-12-15-6-3-2-4-7-15/h2-9H,10-13H2,1H3,(H2,25,29)(H,26,27,28). The van der Waals surface area contributed by atoms with Crippen molar-refractivity contribution in [1.29, 1.82) is 0 Å². The fraction of sp³-hybridized carbons (Fsp3) is 0.208. The minimum atomic E-state index is -0.532. The summed E-state index contributed by atoms with van der Waals surface area (Å²) in [5.74, 6) is 1.44. The summed E-state index contributed by atoms with van der Waals surface area (Å²) in [6, 6.07) is 15.5. The van der Waals surface area contributed by atoms with Gasteiger partial charge in [0, 0.05) is 23.9 Å². The summed E-state index contributed by atoms with van der Waals surface area (Å²) < 4.78 is 11.6. The fourth-order valence-electron chi connectivity index (χ4n) is 4.00. The van der Waals surface area contributed by atoms with Crippen molar-refractivity contribution in [3.8, 4) is 11.4 Å². The van der Waals surface area contributed by atoms with Crippen molar-refractivity contribution in [2.45, 2.75) is 26.5 Å². The minimum absolute atomic E-state index is 0.343. The number of fused-ring (bicyclic) bond motifs is 2. The van der Waals surface area contributed by atoms with Gasteiger partial charge in [-0.1, -0.05) is 42.5 Å². The highest BCUT2D eigenvalue weighted by atomic mass is 16.5. The molecule has 7 heteroatoms. The first-order valence-corrected chi connectivity index (χ1v) is 10.2. The molecule has 7 nitrogen and oxygen atoms in total. The Kier molecular flexibility index (Phi) is 4.88. The van der Waals surface area contributed by atoms with Crippen molar-refractivity contribution in [3.05, 3.63) is 76.7 Å². The Hall–Kier alpha value is -3.71. The van der Waals surface area contributed by atoms with Crippen LogP contribution in [0.3, 0.4) is 0 Å². The second kappa shape index (κ2) is 7.85. The van der Waals surface area contributed by atoms with E-state index >= 15 is 0 Å². The Bertz CT molecular complexity index is 1280. The zero-order chi connectivity index (χ0) is 21.4. The zero-order valence-corrected chi connectivity index (χ0v) is 17.1. The molecule has 0 saturated carbocycles. The first kappa shape index (κ1) is 19.3. The molecule has 156 valence electrons. The Morgan fingerprint density at radius 1 is 1.13 bits per heavy atom. The quantitative estimate of drug-likeness (QED) is 0.512. The van der Waals surface area contributed by atoms with Gasteiger partial charge in [0.2, 0.25) is 0 Å². The topological polar surface area (TPSA) is 103 Å². The lowest BCUT2D eigenvalue weighted by Crippen LogP contribution is -2.17. The number of primary amides is 1. The van der Waals surface area contributed by atoms with Gasteiger partial charge in [-0.2, -0.15) is 0 Å². The van der Waals surface area contributed by atoms with Crippen molar-refractivity contribution >= 4 is 22.7 Å². The van der Waals surface area contributed by atoms with E-state index in [1.165, 1.54) is 5.56 Å². The molecule has 3 N–H and O–H groups in total. The summed E-state index contributed by atoms with van der Waals surface area (Å²) in [5, 5.41) is 4.24. The van der Waals surface area contributed by atoms with Crippen molar-refractivity contribution in [2.75, 3.05) is 11.9 Å². The van der Waals surface area contributed by atoms with Crippen LogP contribution in [0.1, 0.15) is 32.9 Å². The third kappa shape index (κ3) is 3.53. The molecule has 1 amide bonds. The number of nitrogens with zero attached hydrogens (tertiary/aromatic N) is 2. The fourth-order valence-corrected chi connectivity index (χ4v) is 4.00. The number of aromatic nitrogens is 2. The number of nitrogens with two attached hydrogens (primary N) is 1. The van der Waals surface area contributed by atoms with E-state index in [2.05, 4.69) is 17.4 Å². The second-order valence-electron chi connectivity index (χ2n) is 7.54. The van der Waals surface area contributed by atoms with Gasteiger partial charge in [-0.05, 0) is 18.6 Å². The number of rotatable bonds is 5. The number of carbonyl (C=O) groups excluding carboxylic acids is 1. The van der Waals surface area contributed by atoms with Crippen LogP contribution in [0.4, 0.5) is 5.82 Å². The molecule has 0 unspecified atom stereocenters. The number of nitrogens with one attached hydrogen (secondary N) is 1. The van der Waals surface area contributed by atoms with Gasteiger partial charge in [-0.15, -0.1) is 0 Å². The number of para-hydroxylation sites is 1. The first-order valence-electron chi connectivity index (χ1n) is 10.2. The van der Waals surface area contributed by atoms with E-state index in [9.17, 15) is 4.79 Å². The predicted octanol–water partition coefficient (Wildman–Crippen LogP) is 3.98. The predicted molar refractivity (Wildman–Crippen MR) is 118 cm³/mol. The summed E-state index contributed by atoms with van der Waals surface area (Å²) in [7, 11) is 0. The molecular weight excluding hydrogens is 392 g/mol. The molecule has 31 heavy (non-hydrogen) atoms. The van der Waals surface area contributed by atoms with E-state index in [-0.39, 0.29) is 0 Å². The Morgan fingerprint density at radius 3 is 2.77 bits per heavy atom. The second-order valence-corrected chi connectivity index (χ2v) is 7.54. The average molecular weight is 414 g/mol. The van der Waals surface area contributed by atoms with Crippen molar-refractivity contribution in [2.24, 2.45) is 5.73 Å². The Morgan fingerprint density at radius 2 is 1.97 bits per heavy atom. The van der Waals surface area contributed by atoms with Gasteiger partial charge >= 0.3 is 0 Å². The van der Waals surface area contributed by atoms with E-state index in [1.807, 2.05) is 31.2 Å². The number of ether oxygens (including phenoxy) is 1. The maximum absolute atomic E-state index is 11.8. The van der Waals surface area contributed by atoms with Gasteiger partial charge in [0.05, 0.1) is 30.0 Å². The largest absolute Gasteiger partial charge is 0.460 e. The number of benzene rings is 2. The van der Waals surface area contributed by atoms with Gasteiger partial charge in [0.15, 0.2) is 5.82 Å². The highest BCUT2D eigenvalue weighted by molar-refractivity contribution is 6.07. The van der Waals surface area contributed by atoms with Gasteiger partial charge in [-0.3, -0.25) is 4.79 Å².